The van der Waals surface area contributed by atoms with Crippen molar-refractivity contribution in [3.8, 4) is 6.07 Å². The molecular weight excluding hydrogens is 530 g/mol. The number of ketones is 1. The summed E-state index contributed by atoms with van der Waals surface area (Å²) in [5, 5.41) is 0. The van der Waals surface area contributed by atoms with Gasteiger partial charge in [0.1, 0.15) is 0 Å². The summed E-state index contributed by atoms with van der Waals surface area (Å²) >= 11 is -4.40. The molecular formula is C17H16Cl5NOSn. The van der Waals surface area contributed by atoms with E-state index < -0.39 is 17.4 Å². The molecule has 25 heavy (non-hydrogen) atoms. The van der Waals surface area contributed by atoms with Crippen LogP contribution in [0.4, 0.5) is 0 Å². The first-order valence-electron chi connectivity index (χ1n) is 7.34. The van der Waals surface area contributed by atoms with Crippen LogP contribution in [0, 0.1) is 6.07 Å². The average Bonchev–Trinajstić information content (AvgIpc) is 2.54. The number of carbonyl (C=O) groups excluding carboxylic acids is 1. The SMILES string of the molecule is CCC#[N+]C(C(=O)c1ccccc1)c1ccccc1.[Cl][Sn-]([Cl])([Cl])([Cl])[Cl]. The standard InChI is InChI=1S/C17H16NO.5ClH.Sn/c1-2-13-18-16(14-9-5-3-6-10-14)17(19)15-11-7-4-8-12-15;;;;;;/h3-12,16H,2H2,1H3;5*1H;/q+1;;;;;;+4/p-5. The number of halogens is 5. The Morgan fingerprint density at radius 3 is 1.84 bits per heavy atom. The van der Waals surface area contributed by atoms with E-state index in [-0.39, 0.29) is 5.78 Å². The quantitative estimate of drug-likeness (QED) is 0.290. The Kier molecular flexibility index (Phi) is 9.39. The van der Waals surface area contributed by atoms with Gasteiger partial charge in [-0.3, -0.25) is 4.79 Å². The fourth-order valence-corrected chi connectivity index (χ4v) is 1.86. The molecule has 0 amide bonds. The molecule has 1 atom stereocenters. The zero-order valence-corrected chi connectivity index (χ0v) is 19.9. The van der Waals surface area contributed by atoms with Crippen LogP contribution >= 0.6 is 44.6 Å². The Morgan fingerprint density at radius 2 is 1.40 bits per heavy atom. The monoisotopic (exact) mass is 545 g/mol. The van der Waals surface area contributed by atoms with E-state index in [1.54, 1.807) is 0 Å². The molecule has 0 saturated heterocycles. The van der Waals surface area contributed by atoms with E-state index in [2.05, 4.69) is 10.9 Å². The Morgan fingerprint density at radius 1 is 0.960 bits per heavy atom. The Labute approximate surface area is 167 Å². The molecule has 0 fully saturated rings. The van der Waals surface area contributed by atoms with Crippen molar-refractivity contribution in [3.63, 3.8) is 0 Å². The van der Waals surface area contributed by atoms with Crippen molar-refractivity contribution in [1.82, 2.24) is 0 Å². The zero-order chi connectivity index (χ0) is 18.9. The van der Waals surface area contributed by atoms with Gasteiger partial charge in [-0.25, -0.2) is 0 Å². The van der Waals surface area contributed by atoms with Gasteiger partial charge in [0.2, 0.25) is 0 Å². The summed E-state index contributed by atoms with van der Waals surface area (Å²) in [4.78, 5) is 16.8. The first kappa shape index (κ1) is 22.9. The normalized spacial score (nSPS) is 13.1. The van der Waals surface area contributed by atoms with Gasteiger partial charge < -0.3 is 0 Å². The van der Waals surface area contributed by atoms with Crippen molar-refractivity contribution >= 4 is 61.8 Å². The number of hydrogen-bond donors (Lipinski definition) is 0. The maximum atomic E-state index is 12.5. The van der Waals surface area contributed by atoms with Gasteiger partial charge in [-0.05, 0) is 6.92 Å². The maximum absolute atomic E-state index is 12.5. The molecule has 0 aliphatic carbocycles. The van der Waals surface area contributed by atoms with Crippen LogP contribution in [-0.4, -0.2) is 17.1 Å². The van der Waals surface area contributed by atoms with E-state index in [1.807, 2.05) is 67.6 Å². The van der Waals surface area contributed by atoms with E-state index in [1.165, 1.54) is 0 Å². The molecule has 2 rings (SSSR count). The summed E-state index contributed by atoms with van der Waals surface area (Å²) in [7, 11) is 25.3. The van der Waals surface area contributed by atoms with Gasteiger partial charge in [0.25, 0.3) is 11.9 Å². The van der Waals surface area contributed by atoms with E-state index in [0.29, 0.717) is 12.0 Å². The third-order valence-electron chi connectivity index (χ3n) is 2.80. The minimum atomic E-state index is -4.40. The average molecular weight is 546 g/mol. The topological polar surface area (TPSA) is 21.4 Å². The van der Waals surface area contributed by atoms with E-state index in [0.717, 1.165) is 5.56 Å². The Balaban J connectivity index is 0.000000450. The molecule has 0 aliphatic heterocycles. The summed E-state index contributed by atoms with van der Waals surface area (Å²) in [6, 6.07) is 21.3. The van der Waals surface area contributed by atoms with E-state index in [4.69, 9.17) is 44.6 Å². The van der Waals surface area contributed by atoms with Gasteiger partial charge >= 0.3 is 62.0 Å². The van der Waals surface area contributed by atoms with Crippen LogP contribution in [0.15, 0.2) is 60.7 Å². The zero-order valence-electron chi connectivity index (χ0n) is 13.3. The second kappa shape index (κ2) is 10.3. The van der Waals surface area contributed by atoms with Crippen molar-refractivity contribution in [2.75, 3.05) is 0 Å². The first-order chi connectivity index (χ1) is 11.6. The molecule has 0 aliphatic rings. The van der Waals surface area contributed by atoms with Gasteiger partial charge in [0.15, 0.2) is 0 Å². The molecule has 2 aromatic rings. The predicted molar refractivity (Wildman–Crippen MR) is 113 cm³/mol. The van der Waals surface area contributed by atoms with Crippen LogP contribution in [0.2, 0.25) is 0 Å². The summed E-state index contributed by atoms with van der Waals surface area (Å²) in [6.45, 7) is 1.96. The van der Waals surface area contributed by atoms with E-state index >= 15 is 0 Å². The van der Waals surface area contributed by atoms with Crippen LogP contribution in [0.5, 0.6) is 0 Å². The Hall–Kier alpha value is -0.151. The molecule has 1 unspecified atom stereocenters. The number of carbonyl (C=O) groups is 1. The van der Waals surface area contributed by atoms with Crippen molar-refractivity contribution < 1.29 is 4.79 Å². The number of Topliss-reactive ketones (excluding diaryl/α,β-unsaturated/α-hetero) is 1. The minimum absolute atomic E-state index is 0.00718. The van der Waals surface area contributed by atoms with Crippen molar-refractivity contribution in [2.24, 2.45) is 0 Å². The van der Waals surface area contributed by atoms with Gasteiger partial charge in [-0.1, -0.05) is 65.5 Å². The Bertz CT molecular complexity index is 732. The second-order valence-electron chi connectivity index (χ2n) is 4.90. The molecule has 0 heterocycles. The fourth-order valence-electron chi connectivity index (χ4n) is 1.86. The first-order valence-corrected chi connectivity index (χ1v) is 25.4. The summed E-state index contributed by atoms with van der Waals surface area (Å²) in [5.41, 5.74) is 1.58. The number of rotatable bonds is 3. The molecule has 0 bridgehead atoms. The second-order valence-corrected chi connectivity index (χ2v) is 47.3. The van der Waals surface area contributed by atoms with Gasteiger partial charge in [-0.15, -0.1) is 0 Å². The molecule has 0 radical (unpaired) electrons. The number of benzene rings is 2. The van der Waals surface area contributed by atoms with E-state index in [9.17, 15) is 4.79 Å². The van der Waals surface area contributed by atoms with Crippen LogP contribution in [0.25, 0.3) is 4.85 Å². The number of nitrogens with zero attached hydrogens (tertiary/aromatic N) is 1. The molecule has 134 valence electrons. The fraction of sp³-hybridized carbons (Fsp3) is 0.176. The van der Waals surface area contributed by atoms with Crippen molar-refractivity contribution in [1.29, 1.82) is 0 Å². The van der Waals surface area contributed by atoms with Crippen LogP contribution < -0.4 is 0 Å². The molecule has 2 aromatic carbocycles. The van der Waals surface area contributed by atoms with Crippen LogP contribution in [0.1, 0.15) is 35.3 Å². The van der Waals surface area contributed by atoms with Crippen molar-refractivity contribution in [3.05, 3.63) is 76.6 Å². The van der Waals surface area contributed by atoms with Gasteiger partial charge in [-0.2, -0.15) is 0 Å². The summed E-state index contributed by atoms with van der Waals surface area (Å²) in [6.07, 6.45) is 0.700. The third kappa shape index (κ3) is 11.2. The molecule has 0 aromatic heterocycles. The third-order valence-corrected chi connectivity index (χ3v) is 2.80. The molecule has 0 spiro atoms. The predicted octanol–water partition coefficient (Wildman–Crippen LogP) is 7.42. The molecule has 8 heteroatoms. The molecule has 2 nitrogen and oxygen atoms in total. The molecule has 0 N–H and O–H groups in total. The van der Waals surface area contributed by atoms with Crippen LogP contribution in [-0.2, 0) is 0 Å². The number of hydrogen-bond acceptors (Lipinski definition) is 1. The molecule has 0 saturated carbocycles. The van der Waals surface area contributed by atoms with Crippen LogP contribution in [0.3, 0.4) is 0 Å². The summed E-state index contributed by atoms with van der Waals surface area (Å²) in [5.74, 6) is 0.00718. The van der Waals surface area contributed by atoms with Gasteiger partial charge in [0, 0.05) is 11.1 Å². The van der Waals surface area contributed by atoms with Gasteiger partial charge in [0.05, 0.1) is 6.42 Å². The summed E-state index contributed by atoms with van der Waals surface area (Å²) < 4.78 is 0. The van der Waals surface area contributed by atoms with Crippen molar-refractivity contribution in [2.45, 2.75) is 19.4 Å².